The molecule has 2 rings (SSSR count). The smallest absolute Gasteiger partial charge is 0.241 e. The van der Waals surface area contributed by atoms with Crippen LogP contribution in [0.3, 0.4) is 0 Å². The van der Waals surface area contributed by atoms with E-state index < -0.39 is 0 Å². The Morgan fingerprint density at radius 1 is 1.29 bits per heavy atom. The molecule has 17 heavy (non-hydrogen) atoms. The molecule has 3 nitrogen and oxygen atoms in total. The quantitative estimate of drug-likeness (QED) is 0.795. The topological polar surface area (TPSA) is 23.6 Å². The van der Waals surface area contributed by atoms with Crippen molar-refractivity contribution in [3.63, 3.8) is 0 Å². The largest absolute Gasteiger partial charge is 0.362 e. The predicted octanol–water partition coefficient (Wildman–Crippen LogP) is 2.43. The summed E-state index contributed by atoms with van der Waals surface area (Å²) in [6.45, 7) is 4.35. The van der Waals surface area contributed by atoms with Gasteiger partial charge >= 0.3 is 0 Å². The van der Waals surface area contributed by atoms with Crippen molar-refractivity contribution in [1.29, 1.82) is 0 Å². The van der Waals surface area contributed by atoms with E-state index in [4.69, 9.17) is 0 Å². The van der Waals surface area contributed by atoms with Gasteiger partial charge in [-0.15, -0.1) is 0 Å². The first-order valence-electron chi connectivity index (χ1n) is 5.83. The van der Waals surface area contributed by atoms with Crippen molar-refractivity contribution in [2.45, 2.75) is 13.3 Å². The second-order valence-corrected chi connectivity index (χ2v) is 5.38. The van der Waals surface area contributed by atoms with Gasteiger partial charge in [-0.25, -0.2) is 0 Å². The van der Waals surface area contributed by atoms with Gasteiger partial charge in [0.25, 0.3) is 0 Å². The van der Waals surface area contributed by atoms with Crippen LogP contribution in [0, 0.1) is 6.92 Å². The molecule has 0 N–H and O–H groups in total. The number of hydrogen-bond acceptors (Lipinski definition) is 2. The number of aryl methyl sites for hydroxylation is 1. The molecule has 0 unspecified atom stereocenters. The molecule has 1 aliphatic heterocycles. The van der Waals surface area contributed by atoms with Crippen LogP contribution in [-0.4, -0.2) is 37.5 Å². The lowest BCUT2D eigenvalue weighted by Gasteiger charge is -2.22. The Balaban J connectivity index is 2.21. The summed E-state index contributed by atoms with van der Waals surface area (Å²) >= 11 is 3.50. The van der Waals surface area contributed by atoms with Crippen LogP contribution in [0.25, 0.3) is 0 Å². The standard InChI is InChI=1S/C13H17BrN2O/c1-10-8-11(4-5-12(10)14)16-7-3-6-15(2)13(17)9-16/h4-5,8H,3,6-7,9H2,1-2H3. The van der Waals surface area contributed by atoms with Gasteiger partial charge in [0, 0.05) is 30.3 Å². The normalized spacial score (nSPS) is 17.2. The van der Waals surface area contributed by atoms with Crippen LogP contribution in [0.2, 0.25) is 0 Å². The van der Waals surface area contributed by atoms with Crippen LogP contribution in [0.15, 0.2) is 22.7 Å². The number of halogens is 1. The minimum absolute atomic E-state index is 0.197. The predicted molar refractivity (Wildman–Crippen MR) is 73.3 cm³/mol. The summed E-state index contributed by atoms with van der Waals surface area (Å²) < 4.78 is 1.11. The molecule has 92 valence electrons. The molecule has 1 fully saturated rings. The average molecular weight is 297 g/mol. The van der Waals surface area contributed by atoms with E-state index in [9.17, 15) is 4.79 Å². The Bertz CT molecular complexity index is 433. The van der Waals surface area contributed by atoms with Gasteiger partial charge in [0.05, 0.1) is 6.54 Å². The molecule has 0 radical (unpaired) electrons. The highest BCUT2D eigenvalue weighted by Gasteiger charge is 2.19. The Morgan fingerprint density at radius 2 is 2.06 bits per heavy atom. The van der Waals surface area contributed by atoms with Crippen molar-refractivity contribution in [3.05, 3.63) is 28.2 Å². The zero-order chi connectivity index (χ0) is 12.4. The van der Waals surface area contributed by atoms with Crippen molar-refractivity contribution in [3.8, 4) is 0 Å². The third kappa shape index (κ3) is 2.80. The SMILES string of the molecule is Cc1cc(N2CCCN(C)C(=O)C2)ccc1Br. The molecule has 1 amide bonds. The second kappa shape index (κ2) is 5.08. The molecule has 0 atom stereocenters. The minimum atomic E-state index is 0.197. The number of carbonyl (C=O) groups excluding carboxylic acids is 1. The van der Waals surface area contributed by atoms with Crippen LogP contribution in [0.5, 0.6) is 0 Å². The maximum atomic E-state index is 11.8. The van der Waals surface area contributed by atoms with E-state index in [1.165, 1.54) is 5.56 Å². The summed E-state index contributed by atoms with van der Waals surface area (Å²) in [6, 6.07) is 6.24. The summed E-state index contributed by atoms with van der Waals surface area (Å²) in [6.07, 6.45) is 1.03. The minimum Gasteiger partial charge on any atom is -0.362 e. The van der Waals surface area contributed by atoms with Crippen LogP contribution in [-0.2, 0) is 4.79 Å². The molecule has 0 spiro atoms. The van der Waals surface area contributed by atoms with E-state index in [2.05, 4.69) is 39.9 Å². The summed E-state index contributed by atoms with van der Waals surface area (Å²) in [5.74, 6) is 0.197. The number of rotatable bonds is 1. The van der Waals surface area contributed by atoms with Gasteiger partial charge in [-0.3, -0.25) is 4.79 Å². The van der Waals surface area contributed by atoms with Gasteiger partial charge in [0.1, 0.15) is 0 Å². The number of nitrogens with zero attached hydrogens (tertiary/aromatic N) is 2. The highest BCUT2D eigenvalue weighted by Crippen LogP contribution is 2.23. The number of amides is 1. The molecule has 0 aromatic heterocycles. The molecule has 1 aromatic carbocycles. The highest BCUT2D eigenvalue weighted by atomic mass is 79.9. The first kappa shape index (κ1) is 12.4. The Labute approximate surface area is 111 Å². The Kier molecular flexibility index (Phi) is 3.72. The maximum absolute atomic E-state index is 11.8. The Morgan fingerprint density at radius 3 is 2.76 bits per heavy atom. The second-order valence-electron chi connectivity index (χ2n) is 4.52. The van der Waals surface area contributed by atoms with E-state index in [1.54, 1.807) is 0 Å². The van der Waals surface area contributed by atoms with Crippen molar-refractivity contribution < 1.29 is 4.79 Å². The van der Waals surface area contributed by atoms with Gasteiger partial charge < -0.3 is 9.80 Å². The molecule has 1 aromatic rings. The van der Waals surface area contributed by atoms with E-state index in [0.29, 0.717) is 6.54 Å². The zero-order valence-electron chi connectivity index (χ0n) is 10.2. The maximum Gasteiger partial charge on any atom is 0.241 e. The molecule has 0 aliphatic carbocycles. The third-order valence-electron chi connectivity index (χ3n) is 3.18. The molecule has 1 aliphatic rings. The van der Waals surface area contributed by atoms with Gasteiger partial charge in [-0.1, -0.05) is 15.9 Å². The fourth-order valence-corrected chi connectivity index (χ4v) is 2.28. The zero-order valence-corrected chi connectivity index (χ0v) is 11.8. The molecule has 0 saturated carbocycles. The van der Waals surface area contributed by atoms with Crippen molar-refractivity contribution >= 4 is 27.5 Å². The third-order valence-corrected chi connectivity index (χ3v) is 4.07. The molecular weight excluding hydrogens is 280 g/mol. The molecule has 0 bridgehead atoms. The van der Waals surface area contributed by atoms with Gasteiger partial charge in [0.2, 0.25) is 5.91 Å². The summed E-state index contributed by atoms with van der Waals surface area (Å²) in [7, 11) is 1.87. The van der Waals surface area contributed by atoms with Crippen LogP contribution < -0.4 is 4.90 Å². The van der Waals surface area contributed by atoms with Gasteiger partial charge in [-0.05, 0) is 37.1 Å². The van der Waals surface area contributed by atoms with E-state index in [-0.39, 0.29) is 5.91 Å². The summed E-state index contributed by atoms with van der Waals surface area (Å²) in [5, 5.41) is 0. The van der Waals surface area contributed by atoms with Crippen molar-refractivity contribution in [1.82, 2.24) is 4.90 Å². The van der Waals surface area contributed by atoms with Crippen molar-refractivity contribution in [2.75, 3.05) is 31.6 Å². The Hall–Kier alpha value is -1.03. The fourth-order valence-electron chi connectivity index (χ4n) is 2.03. The lowest BCUT2D eigenvalue weighted by molar-refractivity contribution is -0.127. The van der Waals surface area contributed by atoms with E-state index in [0.717, 1.165) is 29.7 Å². The molecule has 1 heterocycles. The van der Waals surface area contributed by atoms with E-state index >= 15 is 0 Å². The number of anilines is 1. The lowest BCUT2D eigenvalue weighted by atomic mass is 10.2. The molecule has 4 heteroatoms. The van der Waals surface area contributed by atoms with Crippen molar-refractivity contribution in [2.24, 2.45) is 0 Å². The monoisotopic (exact) mass is 296 g/mol. The number of hydrogen-bond donors (Lipinski definition) is 0. The van der Waals surface area contributed by atoms with E-state index in [1.807, 2.05) is 18.0 Å². The number of likely N-dealkylation sites (N-methyl/N-ethyl adjacent to an activating group) is 1. The highest BCUT2D eigenvalue weighted by molar-refractivity contribution is 9.10. The van der Waals surface area contributed by atoms with Gasteiger partial charge in [-0.2, -0.15) is 0 Å². The molecular formula is C13H17BrN2O. The first-order valence-corrected chi connectivity index (χ1v) is 6.62. The van der Waals surface area contributed by atoms with Crippen LogP contribution >= 0.6 is 15.9 Å². The fraction of sp³-hybridized carbons (Fsp3) is 0.462. The summed E-state index contributed by atoms with van der Waals surface area (Å²) in [5.41, 5.74) is 2.34. The van der Waals surface area contributed by atoms with Crippen LogP contribution in [0.4, 0.5) is 5.69 Å². The number of carbonyl (C=O) groups is 1. The van der Waals surface area contributed by atoms with Gasteiger partial charge in [0.15, 0.2) is 0 Å². The average Bonchev–Trinajstić information content (AvgIpc) is 2.46. The first-order chi connectivity index (χ1) is 8.08. The lowest BCUT2D eigenvalue weighted by Crippen LogP contribution is -2.34. The summed E-state index contributed by atoms with van der Waals surface area (Å²) in [4.78, 5) is 15.8. The van der Waals surface area contributed by atoms with Crippen LogP contribution in [0.1, 0.15) is 12.0 Å². The molecule has 1 saturated heterocycles. The number of benzene rings is 1.